The minimum atomic E-state index is 0.0317. The van der Waals surface area contributed by atoms with Crippen molar-refractivity contribution in [3.63, 3.8) is 0 Å². The predicted octanol–water partition coefficient (Wildman–Crippen LogP) is 4.84. The van der Waals surface area contributed by atoms with Gasteiger partial charge in [-0.1, -0.05) is 15.9 Å². The van der Waals surface area contributed by atoms with Gasteiger partial charge in [0.05, 0.1) is 5.69 Å². The lowest BCUT2D eigenvalue weighted by Gasteiger charge is -2.07. The molecule has 0 aliphatic heterocycles. The summed E-state index contributed by atoms with van der Waals surface area (Å²) in [4.78, 5) is 11.8. The van der Waals surface area contributed by atoms with Crippen LogP contribution in [0.25, 0.3) is 0 Å². The molecule has 0 unspecified atom stereocenters. The van der Waals surface area contributed by atoms with E-state index >= 15 is 0 Å². The van der Waals surface area contributed by atoms with Crippen molar-refractivity contribution < 1.29 is 4.79 Å². The van der Waals surface area contributed by atoms with Gasteiger partial charge in [-0.2, -0.15) is 11.3 Å². The molecule has 0 fully saturated rings. The molecular formula is C13H11Br2NOS. The number of halogens is 2. The molecule has 0 saturated carbocycles. The molecule has 1 aromatic heterocycles. The second-order valence-corrected chi connectivity index (χ2v) is 6.35. The Morgan fingerprint density at radius 3 is 2.78 bits per heavy atom. The van der Waals surface area contributed by atoms with Gasteiger partial charge in [-0.3, -0.25) is 4.79 Å². The second kappa shape index (κ2) is 6.50. The average Bonchev–Trinajstić information content (AvgIpc) is 2.83. The van der Waals surface area contributed by atoms with Crippen molar-refractivity contribution in [1.82, 2.24) is 0 Å². The second-order valence-electron chi connectivity index (χ2n) is 3.80. The molecule has 2 rings (SSSR count). The highest BCUT2D eigenvalue weighted by atomic mass is 79.9. The van der Waals surface area contributed by atoms with Gasteiger partial charge in [0.25, 0.3) is 0 Å². The van der Waals surface area contributed by atoms with Gasteiger partial charge < -0.3 is 5.32 Å². The van der Waals surface area contributed by atoms with Crippen LogP contribution in [0.1, 0.15) is 12.0 Å². The number of carbonyl (C=O) groups is 1. The van der Waals surface area contributed by atoms with E-state index in [-0.39, 0.29) is 5.91 Å². The maximum atomic E-state index is 11.8. The van der Waals surface area contributed by atoms with Gasteiger partial charge in [0.15, 0.2) is 0 Å². The number of amides is 1. The van der Waals surface area contributed by atoms with E-state index in [1.54, 1.807) is 11.3 Å². The van der Waals surface area contributed by atoms with E-state index in [2.05, 4.69) is 42.6 Å². The van der Waals surface area contributed by atoms with E-state index in [1.165, 1.54) is 5.56 Å². The topological polar surface area (TPSA) is 29.1 Å². The van der Waals surface area contributed by atoms with E-state index in [4.69, 9.17) is 0 Å². The summed E-state index contributed by atoms with van der Waals surface area (Å²) in [5, 5.41) is 7.00. The van der Waals surface area contributed by atoms with E-state index in [1.807, 2.05) is 29.6 Å². The van der Waals surface area contributed by atoms with Crippen LogP contribution in [0.3, 0.4) is 0 Å². The highest BCUT2D eigenvalue weighted by Crippen LogP contribution is 2.26. The van der Waals surface area contributed by atoms with Crippen molar-refractivity contribution in [3.05, 3.63) is 49.5 Å². The summed E-state index contributed by atoms with van der Waals surface area (Å²) in [6.07, 6.45) is 1.28. The third-order valence-electron chi connectivity index (χ3n) is 2.43. The van der Waals surface area contributed by atoms with Crippen LogP contribution >= 0.6 is 43.2 Å². The Morgan fingerprint density at radius 1 is 1.28 bits per heavy atom. The summed E-state index contributed by atoms with van der Waals surface area (Å²) >= 11 is 8.46. The quantitative estimate of drug-likeness (QED) is 0.797. The van der Waals surface area contributed by atoms with Crippen LogP contribution in [0.4, 0.5) is 5.69 Å². The largest absolute Gasteiger partial charge is 0.325 e. The lowest BCUT2D eigenvalue weighted by molar-refractivity contribution is -0.116. The number of benzene rings is 1. The van der Waals surface area contributed by atoms with Gasteiger partial charge in [0.2, 0.25) is 5.91 Å². The zero-order valence-electron chi connectivity index (χ0n) is 9.45. The molecule has 94 valence electrons. The molecular weight excluding hydrogens is 378 g/mol. The molecule has 1 N–H and O–H groups in total. The van der Waals surface area contributed by atoms with Gasteiger partial charge in [-0.05, 0) is 62.9 Å². The number of thiophene rings is 1. The minimum absolute atomic E-state index is 0.0317. The van der Waals surface area contributed by atoms with Crippen molar-refractivity contribution in [2.75, 3.05) is 5.32 Å². The fourth-order valence-electron chi connectivity index (χ4n) is 1.50. The van der Waals surface area contributed by atoms with Crippen LogP contribution in [0.5, 0.6) is 0 Å². The Morgan fingerprint density at radius 2 is 2.11 bits per heavy atom. The van der Waals surface area contributed by atoms with Gasteiger partial charge >= 0.3 is 0 Å². The van der Waals surface area contributed by atoms with E-state index in [0.717, 1.165) is 21.1 Å². The minimum Gasteiger partial charge on any atom is -0.325 e. The zero-order valence-corrected chi connectivity index (χ0v) is 13.4. The standard InChI is InChI=1S/C13H11Br2NOS/c14-10-2-3-12(11(15)7-10)16-13(17)4-1-9-5-6-18-8-9/h2-3,5-8H,1,4H2,(H,16,17). The Bertz CT molecular complexity index is 540. The number of hydrogen-bond acceptors (Lipinski definition) is 2. The molecule has 2 aromatic rings. The smallest absolute Gasteiger partial charge is 0.224 e. The molecule has 5 heteroatoms. The summed E-state index contributed by atoms with van der Waals surface area (Å²) in [6, 6.07) is 7.73. The van der Waals surface area contributed by atoms with Crippen LogP contribution in [0.15, 0.2) is 44.0 Å². The number of nitrogens with one attached hydrogen (secondary N) is 1. The molecule has 0 spiro atoms. The number of hydrogen-bond donors (Lipinski definition) is 1. The molecule has 18 heavy (non-hydrogen) atoms. The predicted molar refractivity (Wildman–Crippen MR) is 83.1 cm³/mol. The molecule has 2 nitrogen and oxygen atoms in total. The SMILES string of the molecule is O=C(CCc1ccsc1)Nc1ccc(Br)cc1Br. The van der Waals surface area contributed by atoms with Crippen molar-refractivity contribution in [1.29, 1.82) is 0 Å². The summed E-state index contributed by atoms with van der Waals surface area (Å²) < 4.78 is 1.85. The van der Waals surface area contributed by atoms with E-state index in [9.17, 15) is 4.79 Å². The molecule has 1 aromatic carbocycles. The maximum absolute atomic E-state index is 11.8. The molecule has 0 atom stereocenters. The lowest BCUT2D eigenvalue weighted by Crippen LogP contribution is -2.12. The van der Waals surface area contributed by atoms with Crippen molar-refractivity contribution in [3.8, 4) is 0 Å². The number of aryl methyl sites for hydroxylation is 1. The molecule has 0 aliphatic carbocycles. The first-order valence-electron chi connectivity index (χ1n) is 5.41. The first-order chi connectivity index (χ1) is 8.65. The molecule has 0 bridgehead atoms. The van der Waals surface area contributed by atoms with Gasteiger partial charge in [-0.15, -0.1) is 0 Å². The van der Waals surface area contributed by atoms with Crippen LogP contribution < -0.4 is 5.32 Å². The Kier molecular flexibility index (Phi) is 4.97. The van der Waals surface area contributed by atoms with Gasteiger partial charge in [0, 0.05) is 15.4 Å². The number of anilines is 1. The van der Waals surface area contributed by atoms with E-state index < -0.39 is 0 Å². The maximum Gasteiger partial charge on any atom is 0.224 e. The van der Waals surface area contributed by atoms with Gasteiger partial charge in [0.1, 0.15) is 0 Å². The molecule has 1 heterocycles. The van der Waals surface area contributed by atoms with Crippen LogP contribution in [0.2, 0.25) is 0 Å². The van der Waals surface area contributed by atoms with Gasteiger partial charge in [-0.25, -0.2) is 0 Å². The van der Waals surface area contributed by atoms with Crippen LogP contribution in [-0.2, 0) is 11.2 Å². The number of carbonyl (C=O) groups excluding carboxylic acids is 1. The monoisotopic (exact) mass is 387 g/mol. The first kappa shape index (κ1) is 13.8. The number of rotatable bonds is 4. The summed E-state index contributed by atoms with van der Waals surface area (Å²) in [5.74, 6) is 0.0317. The normalized spacial score (nSPS) is 10.3. The summed E-state index contributed by atoms with van der Waals surface area (Å²) in [7, 11) is 0. The van der Waals surface area contributed by atoms with Crippen molar-refractivity contribution in [2.45, 2.75) is 12.8 Å². The molecule has 1 amide bonds. The molecule has 0 saturated heterocycles. The van der Waals surface area contributed by atoms with E-state index in [0.29, 0.717) is 6.42 Å². The van der Waals surface area contributed by atoms with Crippen molar-refractivity contribution in [2.24, 2.45) is 0 Å². The Hall–Kier alpha value is -0.650. The molecule has 0 aliphatic rings. The van der Waals surface area contributed by atoms with Crippen LogP contribution in [0, 0.1) is 0 Å². The summed E-state index contributed by atoms with van der Waals surface area (Å²) in [5.41, 5.74) is 2.01. The first-order valence-corrected chi connectivity index (χ1v) is 7.94. The Balaban J connectivity index is 1.91. The van der Waals surface area contributed by atoms with Crippen LogP contribution in [-0.4, -0.2) is 5.91 Å². The average molecular weight is 389 g/mol. The Labute approximate surface area is 127 Å². The van der Waals surface area contributed by atoms with Crippen molar-refractivity contribution >= 4 is 54.8 Å². The molecule has 0 radical (unpaired) electrons. The fourth-order valence-corrected chi connectivity index (χ4v) is 3.35. The zero-order chi connectivity index (χ0) is 13.0. The third-order valence-corrected chi connectivity index (χ3v) is 4.31. The fraction of sp³-hybridized carbons (Fsp3) is 0.154. The summed E-state index contributed by atoms with van der Waals surface area (Å²) in [6.45, 7) is 0. The third kappa shape index (κ3) is 3.93. The highest BCUT2D eigenvalue weighted by Gasteiger charge is 2.06. The lowest BCUT2D eigenvalue weighted by atomic mass is 10.2. The highest BCUT2D eigenvalue weighted by molar-refractivity contribution is 9.11.